The molecule has 0 fully saturated rings. The van der Waals surface area contributed by atoms with Crippen LogP contribution in [-0.4, -0.2) is 19.2 Å². The van der Waals surface area contributed by atoms with E-state index in [4.69, 9.17) is 0 Å². The third kappa shape index (κ3) is 3.37. The zero-order valence-electron chi connectivity index (χ0n) is 8.15. The summed E-state index contributed by atoms with van der Waals surface area (Å²) in [6.07, 6.45) is -3.79. The molecule has 0 atom stereocenters. The first-order chi connectivity index (χ1) is 7.24. The Balaban J connectivity index is 3.01. The molecular formula is C8H8F3NO3S. The minimum atomic E-state index is -4.63. The van der Waals surface area contributed by atoms with Gasteiger partial charge < -0.3 is 4.18 Å². The molecule has 0 unspecified atom stereocenters. The molecular weight excluding hydrogens is 247 g/mol. The molecule has 0 saturated heterocycles. The van der Waals surface area contributed by atoms with Crippen molar-refractivity contribution >= 4 is 10.1 Å². The van der Waals surface area contributed by atoms with Crippen molar-refractivity contribution in [3.8, 4) is 5.75 Å². The van der Waals surface area contributed by atoms with Crippen molar-refractivity contribution in [1.82, 2.24) is 4.98 Å². The number of alkyl halides is 3. The monoisotopic (exact) mass is 255 g/mol. The van der Waals surface area contributed by atoms with Gasteiger partial charge in [-0.05, 0) is 6.92 Å². The Hall–Kier alpha value is -1.31. The summed E-state index contributed by atoms with van der Waals surface area (Å²) in [5, 5.41) is 0. The van der Waals surface area contributed by atoms with Crippen LogP contribution in [0.3, 0.4) is 0 Å². The topological polar surface area (TPSA) is 56.3 Å². The van der Waals surface area contributed by atoms with Crippen LogP contribution in [0.25, 0.3) is 0 Å². The van der Waals surface area contributed by atoms with Crippen LogP contribution < -0.4 is 4.18 Å². The fraction of sp³-hybridized carbons (Fsp3) is 0.375. The summed E-state index contributed by atoms with van der Waals surface area (Å²) in [4.78, 5) is 3.07. The smallest absolute Gasteiger partial charge is 0.382 e. The predicted molar refractivity (Wildman–Crippen MR) is 49.3 cm³/mol. The van der Waals surface area contributed by atoms with Crippen LogP contribution in [-0.2, 0) is 16.3 Å². The number of rotatable bonds is 3. The van der Waals surface area contributed by atoms with Crippen LogP contribution in [0, 0.1) is 0 Å². The fourth-order valence-corrected chi connectivity index (χ4v) is 1.34. The highest BCUT2D eigenvalue weighted by Crippen LogP contribution is 2.29. The lowest BCUT2D eigenvalue weighted by atomic mass is 10.3. The highest BCUT2D eigenvalue weighted by molar-refractivity contribution is 7.87. The van der Waals surface area contributed by atoms with E-state index in [1.165, 1.54) is 6.92 Å². The first kappa shape index (κ1) is 12.8. The van der Waals surface area contributed by atoms with E-state index in [1.54, 1.807) is 0 Å². The maximum atomic E-state index is 12.2. The molecule has 0 amide bonds. The Labute approximate surface area is 90.2 Å². The van der Waals surface area contributed by atoms with E-state index in [-0.39, 0.29) is 5.75 Å². The summed E-state index contributed by atoms with van der Waals surface area (Å²) < 4.78 is 63.1. The molecule has 0 bridgehead atoms. The van der Waals surface area contributed by atoms with Gasteiger partial charge in [-0.2, -0.15) is 21.6 Å². The van der Waals surface area contributed by atoms with Gasteiger partial charge >= 0.3 is 16.3 Å². The van der Waals surface area contributed by atoms with Gasteiger partial charge in [0.05, 0.1) is 5.75 Å². The number of pyridine rings is 1. The highest BCUT2D eigenvalue weighted by Gasteiger charge is 2.33. The fourth-order valence-electron chi connectivity index (χ4n) is 0.824. The second kappa shape index (κ2) is 4.28. The molecule has 1 rings (SSSR count). The average molecular weight is 255 g/mol. The Kier molecular flexibility index (Phi) is 3.41. The first-order valence-electron chi connectivity index (χ1n) is 4.20. The van der Waals surface area contributed by atoms with Crippen molar-refractivity contribution in [2.45, 2.75) is 13.1 Å². The standard InChI is InChI=1S/C8H8F3NO3S/c1-2-16(13,14)15-6-3-4-12-7(5-6)8(9,10)11/h3-5H,2H2,1H3. The first-order valence-corrected chi connectivity index (χ1v) is 5.78. The average Bonchev–Trinajstić information content (AvgIpc) is 2.16. The van der Waals surface area contributed by atoms with Crippen LogP contribution in [0.15, 0.2) is 18.3 Å². The van der Waals surface area contributed by atoms with E-state index in [0.29, 0.717) is 6.07 Å². The van der Waals surface area contributed by atoms with Gasteiger partial charge in [0.25, 0.3) is 0 Å². The zero-order valence-corrected chi connectivity index (χ0v) is 8.97. The lowest BCUT2D eigenvalue weighted by Gasteiger charge is -2.08. The molecule has 0 spiro atoms. The van der Waals surface area contributed by atoms with Crippen molar-refractivity contribution in [2.75, 3.05) is 5.75 Å². The SMILES string of the molecule is CCS(=O)(=O)Oc1ccnc(C(F)(F)F)c1. The minimum absolute atomic E-state index is 0.323. The van der Waals surface area contributed by atoms with Gasteiger partial charge in [0.2, 0.25) is 0 Å². The largest absolute Gasteiger partial charge is 0.433 e. The lowest BCUT2D eigenvalue weighted by molar-refractivity contribution is -0.141. The second-order valence-electron chi connectivity index (χ2n) is 2.80. The van der Waals surface area contributed by atoms with E-state index in [9.17, 15) is 21.6 Å². The number of halogens is 3. The Morgan fingerprint density at radius 3 is 2.56 bits per heavy atom. The third-order valence-electron chi connectivity index (χ3n) is 1.60. The molecule has 1 aromatic rings. The summed E-state index contributed by atoms with van der Waals surface area (Å²) in [5.41, 5.74) is -1.20. The third-order valence-corrected chi connectivity index (χ3v) is 2.75. The van der Waals surface area contributed by atoms with Crippen molar-refractivity contribution in [3.63, 3.8) is 0 Å². The lowest BCUT2D eigenvalue weighted by Crippen LogP contribution is -2.13. The molecule has 0 N–H and O–H groups in total. The van der Waals surface area contributed by atoms with Gasteiger partial charge in [0.15, 0.2) is 0 Å². The van der Waals surface area contributed by atoms with Crippen LogP contribution in [0.5, 0.6) is 5.75 Å². The van der Waals surface area contributed by atoms with Gasteiger partial charge in [0.1, 0.15) is 11.4 Å². The predicted octanol–water partition coefficient (Wildman–Crippen LogP) is 1.83. The van der Waals surface area contributed by atoms with Crippen LogP contribution in [0.2, 0.25) is 0 Å². The van der Waals surface area contributed by atoms with Gasteiger partial charge in [-0.25, -0.2) is 0 Å². The van der Waals surface area contributed by atoms with E-state index in [1.807, 2.05) is 0 Å². The van der Waals surface area contributed by atoms with Crippen LogP contribution in [0.4, 0.5) is 13.2 Å². The van der Waals surface area contributed by atoms with E-state index >= 15 is 0 Å². The molecule has 1 aromatic heterocycles. The summed E-state index contributed by atoms with van der Waals surface area (Å²) in [6, 6.07) is 1.58. The van der Waals surface area contributed by atoms with Crippen molar-refractivity contribution < 1.29 is 25.8 Å². The molecule has 0 saturated carbocycles. The normalized spacial score (nSPS) is 12.5. The zero-order chi connectivity index (χ0) is 12.4. The Morgan fingerprint density at radius 1 is 1.44 bits per heavy atom. The van der Waals surface area contributed by atoms with Crippen molar-refractivity contribution in [3.05, 3.63) is 24.0 Å². The van der Waals surface area contributed by atoms with Gasteiger partial charge in [-0.1, -0.05) is 0 Å². The molecule has 16 heavy (non-hydrogen) atoms. The maximum absolute atomic E-state index is 12.2. The molecule has 90 valence electrons. The van der Waals surface area contributed by atoms with Gasteiger partial charge in [-0.15, -0.1) is 0 Å². The van der Waals surface area contributed by atoms with E-state index in [2.05, 4.69) is 9.17 Å². The van der Waals surface area contributed by atoms with E-state index in [0.717, 1.165) is 12.3 Å². The number of hydrogen-bond acceptors (Lipinski definition) is 4. The molecule has 8 heteroatoms. The number of hydrogen-bond donors (Lipinski definition) is 0. The second-order valence-corrected chi connectivity index (χ2v) is 4.66. The van der Waals surface area contributed by atoms with E-state index < -0.39 is 27.7 Å². The molecule has 1 heterocycles. The number of nitrogens with zero attached hydrogens (tertiary/aromatic N) is 1. The van der Waals surface area contributed by atoms with Crippen molar-refractivity contribution in [2.24, 2.45) is 0 Å². The highest BCUT2D eigenvalue weighted by atomic mass is 32.2. The molecule has 0 aliphatic heterocycles. The number of aromatic nitrogens is 1. The quantitative estimate of drug-likeness (QED) is 0.773. The summed E-state index contributed by atoms with van der Waals surface area (Å²) in [5.74, 6) is -0.722. The summed E-state index contributed by atoms with van der Waals surface area (Å²) in [6.45, 7) is 1.32. The minimum Gasteiger partial charge on any atom is -0.382 e. The summed E-state index contributed by atoms with van der Waals surface area (Å²) in [7, 11) is -3.83. The Morgan fingerprint density at radius 2 is 2.06 bits per heavy atom. The molecule has 0 aliphatic rings. The van der Waals surface area contributed by atoms with Crippen LogP contribution >= 0.6 is 0 Å². The van der Waals surface area contributed by atoms with Crippen molar-refractivity contribution in [1.29, 1.82) is 0 Å². The Bertz CT molecular complexity index is 470. The van der Waals surface area contributed by atoms with Crippen LogP contribution in [0.1, 0.15) is 12.6 Å². The summed E-state index contributed by atoms with van der Waals surface area (Å²) >= 11 is 0. The molecule has 0 aliphatic carbocycles. The molecule has 4 nitrogen and oxygen atoms in total. The molecule has 0 radical (unpaired) electrons. The molecule has 0 aromatic carbocycles. The van der Waals surface area contributed by atoms with Gasteiger partial charge in [0, 0.05) is 18.3 Å². The van der Waals surface area contributed by atoms with Gasteiger partial charge in [-0.3, -0.25) is 4.98 Å². The maximum Gasteiger partial charge on any atom is 0.433 e.